The third-order valence-electron chi connectivity index (χ3n) is 3.26. The molecule has 1 aliphatic rings. The van der Waals surface area contributed by atoms with E-state index in [-0.39, 0.29) is 3.91 Å². The number of hydrogen-bond acceptors (Lipinski definition) is 6. The van der Waals surface area contributed by atoms with Gasteiger partial charge in [0.15, 0.2) is 5.13 Å². The van der Waals surface area contributed by atoms with Gasteiger partial charge in [0.2, 0.25) is 0 Å². The monoisotopic (exact) mass is 419 g/mol. The minimum atomic E-state index is -0.154. The first-order chi connectivity index (χ1) is 10.2. The number of carbonyl (C=O) groups excluding carboxylic acids is 1. The number of amides is 1. The fourth-order valence-electron chi connectivity index (χ4n) is 2.33. The van der Waals surface area contributed by atoms with Crippen LogP contribution in [-0.4, -0.2) is 42.3 Å². The number of nitrogens with zero attached hydrogens (tertiary/aromatic N) is 2. The van der Waals surface area contributed by atoms with Gasteiger partial charge >= 0.3 is 0 Å². The predicted molar refractivity (Wildman–Crippen MR) is 92.2 cm³/mol. The van der Waals surface area contributed by atoms with Crippen molar-refractivity contribution in [3.05, 3.63) is 12.1 Å². The highest BCUT2D eigenvalue weighted by Gasteiger charge is 2.19. The second-order valence-corrected chi connectivity index (χ2v) is 6.46. The second-order valence-electron chi connectivity index (χ2n) is 4.48. The topological polar surface area (TPSA) is 63.7 Å². The Morgan fingerprint density at radius 2 is 2.24 bits per heavy atom. The molecule has 6 nitrogen and oxygen atoms in total. The summed E-state index contributed by atoms with van der Waals surface area (Å²) < 4.78 is 11.6. The average molecular weight is 419 g/mol. The van der Waals surface area contributed by atoms with E-state index in [9.17, 15) is 4.79 Å². The lowest BCUT2D eigenvalue weighted by Crippen LogP contribution is -2.36. The number of methoxy groups -OCH3 is 1. The smallest absolute Gasteiger partial charge is 0.286 e. The highest BCUT2D eigenvalue weighted by molar-refractivity contribution is 14.1. The van der Waals surface area contributed by atoms with Crippen LogP contribution in [0.15, 0.2) is 12.1 Å². The average Bonchev–Trinajstić information content (AvgIpc) is 2.89. The Labute approximate surface area is 139 Å². The zero-order valence-electron chi connectivity index (χ0n) is 11.4. The van der Waals surface area contributed by atoms with Crippen molar-refractivity contribution in [3.8, 4) is 5.75 Å². The highest BCUT2D eigenvalue weighted by atomic mass is 127. The lowest BCUT2D eigenvalue weighted by molar-refractivity contribution is 0.123. The van der Waals surface area contributed by atoms with Gasteiger partial charge in [0.25, 0.3) is 3.91 Å². The number of nitrogens with one attached hydrogen (secondary N) is 1. The van der Waals surface area contributed by atoms with E-state index in [1.807, 2.05) is 12.1 Å². The largest absolute Gasteiger partial charge is 0.494 e. The molecule has 112 valence electrons. The fraction of sp³-hybridized carbons (Fsp3) is 0.385. The minimum Gasteiger partial charge on any atom is -0.494 e. The molecule has 3 rings (SSSR count). The number of rotatable bonds is 3. The molecule has 0 saturated carbocycles. The lowest BCUT2D eigenvalue weighted by Gasteiger charge is -2.29. The molecule has 0 radical (unpaired) electrons. The van der Waals surface area contributed by atoms with Gasteiger partial charge in [0.1, 0.15) is 11.3 Å². The highest BCUT2D eigenvalue weighted by Crippen LogP contribution is 2.39. The predicted octanol–water partition coefficient (Wildman–Crippen LogP) is 3.11. The van der Waals surface area contributed by atoms with Gasteiger partial charge < -0.3 is 14.4 Å². The molecule has 0 aliphatic carbocycles. The summed E-state index contributed by atoms with van der Waals surface area (Å²) in [7, 11) is 1.62. The van der Waals surface area contributed by atoms with E-state index in [2.05, 4.69) is 15.2 Å². The van der Waals surface area contributed by atoms with Crippen molar-refractivity contribution in [2.75, 3.05) is 43.6 Å². The van der Waals surface area contributed by atoms with Crippen molar-refractivity contribution < 1.29 is 14.3 Å². The van der Waals surface area contributed by atoms with E-state index in [1.54, 1.807) is 29.7 Å². The quantitative estimate of drug-likeness (QED) is 0.471. The van der Waals surface area contributed by atoms with E-state index in [0.29, 0.717) is 10.9 Å². The SMILES string of the molecule is COc1ccc(N2CCOCC2)c2sc(NC(=O)I)nc12. The minimum absolute atomic E-state index is 0.154. The summed E-state index contributed by atoms with van der Waals surface area (Å²) in [5, 5.41) is 3.32. The second kappa shape index (κ2) is 6.32. The zero-order chi connectivity index (χ0) is 14.8. The maximum absolute atomic E-state index is 11.2. The Balaban J connectivity index is 2.07. The Bertz CT molecular complexity index is 670. The molecule has 8 heteroatoms. The summed E-state index contributed by atoms with van der Waals surface area (Å²) in [6, 6.07) is 3.96. The van der Waals surface area contributed by atoms with Gasteiger partial charge in [-0.3, -0.25) is 10.1 Å². The van der Waals surface area contributed by atoms with E-state index in [0.717, 1.165) is 42.2 Å². The molecule has 1 aromatic carbocycles. The summed E-state index contributed by atoms with van der Waals surface area (Å²) in [6.07, 6.45) is 0. The molecule has 21 heavy (non-hydrogen) atoms. The molecule has 2 aromatic rings. The molecule has 1 fully saturated rings. The standard InChI is InChI=1S/C13H14IN3O3S/c1-19-9-3-2-8(17-4-6-20-7-5-17)11-10(9)15-13(21-11)16-12(14)18/h2-3H,4-7H2,1H3,(H,15,16,18). The molecule has 0 atom stereocenters. The molecule has 0 spiro atoms. The van der Waals surface area contributed by atoms with Gasteiger partial charge in [-0.25, -0.2) is 4.98 Å². The van der Waals surface area contributed by atoms with Crippen molar-refractivity contribution in [2.45, 2.75) is 0 Å². The van der Waals surface area contributed by atoms with Crippen LogP contribution in [0.5, 0.6) is 5.75 Å². The molecule has 0 unspecified atom stereocenters. The van der Waals surface area contributed by atoms with Crippen LogP contribution in [-0.2, 0) is 4.74 Å². The molecular formula is C13H14IN3O3S. The maximum atomic E-state index is 11.2. The number of thiazole rings is 1. The number of benzene rings is 1. The van der Waals surface area contributed by atoms with E-state index >= 15 is 0 Å². The number of halogens is 1. The number of anilines is 2. The first kappa shape index (κ1) is 14.8. The molecule has 1 N–H and O–H groups in total. The summed E-state index contributed by atoms with van der Waals surface area (Å²) >= 11 is 3.16. The summed E-state index contributed by atoms with van der Waals surface area (Å²) in [5.74, 6) is 0.715. The first-order valence-electron chi connectivity index (χ1n) is 6.46. The van der Waals surface area contributed by atoms with Crippen LogP contribution < -0.4 is 15.0 Å². The number of hydrogen-bond donors (Lipinski definition) is 1. The number of fused-ring (bicyclic) bond motifs is 1. The van der Waals surface area contributed by atoms with Crippen molar-refractivity contribution in [3.63, 3.8) is 0 Å². The molecule has 1 aliphatic heterocycles. The van der Waals surface area contributed by atoms with Crippen LogP contribution in [0.3, 0.4) is 0 Å². The van der Waals surface area contributed by atoms with Crippen molar-refractivity contribution in [1.82, 2.24) is 4.98 Å². The van der Waals surface area contributed by atoms with Gasteiger partial charge in [-0.05, 0) is 12.1 Å². The van der Waals surface area contributed by atoms with Gasteiger partial charge in [0.05, 0.1) is 30.7 Å². The molecule has 1 amide bonds. The van der Waals surface area contributed by atoms with Crippen LogP contribution in [0.25, 0.3) is 10.2 Å². The zero-order valence-corrected chi connectivity index (χ0v) is 14.4. The van der Waals surface area contributed by atoms with Crippen molar-refractivity contribution >= 4 is 58.9 Å². The first-order valence-corrected chi connectivity index (χ1v) is 8.35. The maximum Gasteiger partial charge on any atom is 0.286 e. The van der Waals surface area contributed by atoms with Crippen molar-refractivity contribution in [1.29, 1.82) is 0 Å². The number of ether oxygens (including phenoxy) is 2. The Kier molecular flexibility index (Phi) is 4.45. The van der Waals surface area contributed by atoms with Gasteiger partial charge in [0, 0.05) is 35.7 Å². The van der Waals surface area contributed by atoms with Crippen LogP contribution in [0, 0.1) is 0 Å². The van der Waals surface area contributed by atoms with E-state index in [1.165, 1.54) is 11.3 Å². The number of carbonyl (C=O) groups is 1. The fourth-order valence-corrected chi connectivity index (χ4v) is 3.78. The van der Waals surface area contributed by atoms with Crippen molar-refractivity contribution in [2.24, 2.45) is 0 Å². The number of aromatic nitrogens is 1. The van der Waals surface area contributed by atoms with Crippen LogP contribution in [0.2, 0.25) is 0 Å². The summed E-state index contributed by atoms with van der Waals surface area (Å²) in [4.78, 5) is 18.0. The molecule has 2 heterocycles. The number of morpholine rings is 1. The molecule has 0 bridgehead atoms. The van der Waals surface area contributed by atoms with E-state index in [4.69, 9.17) is 9.47 Å². The van der Waals surface area contributed by atoms with Gasteiger partial charge in [-0.2, -0.15) is 0 Å². The van der Waals surface area contributed by atoms with Crippen LogP contribution >= 0.6 is 33.9 Å². The third kappa shape index (κ3) is 3.06. The van der Waals surface area contributed by atoms with Crippen LogP contribution in [0.4, 0.5) is 15.6 Å². The molecular weight excluding hydrogens is 405 g/mol. The Morgan fingerprint density at radius 1 is 1.48 bits per heavy atom. The third-order valence-corrected chi connectivity index (χ3v) is 4.53. The summed E-state index contributed by atoms with van der Waals surface area (Å²) in [5.41, 5.74) is 1.90. The Morgan fingerprint density at radius 3 is 2.90 bits per heavy atom. The van der Waals surface area contributed by atoms with Crippen LogP contribution in [0.1, 0.15) is 0 Å². The molecule has 1 saturated heterocycles. The summed E-state index contributed by atoms with van der Waals surface area (Å²) in [6.45, 7) is 3.16. The lowest BCUT2D eigenvalue weighted by atomic mass is 10.2. The van der Waals surface area contributed by atoms with Gasteiger partial charge in [-0.15, -0.1) is 0 Å². The normalized spacial score (nSPS) is 15.2. The van der Waals surface area contributed by atoms with E-state index < -0.39 is 0 Å². The van der Waals surface area contributed by atoms with Gasteiger partial charge in [-0.1, -0.05) is 11.3 Å². The molecule has 1 aromatic heterocycles. The Hall–Kier alpha value is -1.13.